The molecule has 0 fully saturated rings. The van der Waals surface area contributed by atoms with Crippen LogP contribution in [0.15, 0.2) is 30.3 Å². The molecule has 0 aliphatic carbocycles. The number of hydrogen-bond donors (Lipinski definition) is 2. The Labute approximate surface area is 128 Å². The number of carbonyl (C=O) groups is 3. The van der Waals surface area contributed by atoms with Crippen LogP contribution < -0.4 is 11.1 Å². The van der Waals surface area contributed by atoms with Crippen molar-refractivity contribution in [2.45, 2.75) is 25.5 Å². The molecule has 0 radical (unpaired) electrons. The van der Waals surface area contributed by atoms with Crippen molar-refractivity contribution < 1.29 is 23.9 Å². The molecule has 2 atom stereocenters. The van der Waals surface area contributed by atoms with Gasteiger partial charge in [0.25, 0.3) is 5.91 Å². The van der Waals surface area contributed by atoms with Crippen LogP contribution in [-0.4, -0.2) is 37.5 Å². The highest BCUT2D eigenvalue weighted by Gasteiger charge is 2.27. The van der Waals surface area contributed by atoms with Crippen molar-refractivity contribution in [3.63, 3.8) is 0 Å². The molecule has 0 unspecified atom stereocenters. The van der Waals surface area contributed by atoms with E-state index in [1.165, 1.54) is 7.11 Å². The number of nitrogens with one attached hydrogen (secondary N) is 1. The molecule has 0 saturated heterocycles. The maximum Gasteiger partial charge on any atom is 0.308 e. The van der Waals surface area contributed by atoms with Gasteiger partial charge in [-0.25, -0.2) is 0 Å². The largest absolute Gasteiger partial charge is 0.466 e. The number of rotatable bonds is 8. The Kier molecular flexibility index (Phi) is 7.04. The molecule has 1 rings (SSSR count). The van der Waals surface area contributed by atoms with Crippen LogP contribution in [0.5, 0.6) is 0 Å². The summed E-state index contributed by atoms with van der Waals surface area (Å²) in [6.07, 6.45) is -1.22. The van der Waals surface area contributed by atoms with Crippen molar-refractivity contribution in [3.8, 4) is 0 Å². The molecule has 0 aliphatic heterocycles. The highest BCUT2D eigenvalue weighted by atomic mass is 16.5. The number of amides is 2. The summed E-state index contributed by atoms with van der Waals surface area (Å²) >= 11 is 0. The molecule has 0 heterocycles. The zero-order valence-electron chi connectivity index (χ0n) is 12.6. The third-order valence-corrected chi connectivity index (χ3v) is 2.91. The van der Waals surface area contributed by atoms with Crippen LogP contribution in [-0.2, 0) is 23.9 Å². The van der Waals surface area contributed by atoms with Crippen LogP contribution >= 0.6 is 0 Å². The molecule has 2 amide bonds. The second-order valence-corrected chi connectivity index (χ2v) is 4.50. The number of benzene rings is 1. The molecule has 120 valence electrons. The molecule has 0 aliphatic rings. The molecule has 0 saturated carbocycles. The minimum Gasteiger partial charge on any atom is -0.466 e. The number of hydrogen-bond acceptors (Lipinski definition) is 5. The molecule has 7 heteroatoms. The van der Waals surface area contributed by atoms with Crippen LogP contribution in [0.25, 0.3) is 0 Å². The maximum absolute atomic E-state index is 12.2. The SMILES string of the molecule is CCOC(=O)C[C@H](NC(=O)[C@H](OC)c1ccccc1)C(N)=O. The Morgan fingerprint density at radius 1 is 1.23 bits per heavy atom. The topological polar surface area (TPSA) is 108 Å². The lowest BCUT2D eigenvalue weighted by Gasteiger charge is -2.19. The van der Waals surface area contributed by atoms with Gasteiger partial charge in [0.2, 0.25) is 5.91 Å². The summed E-state index contributed by atoms with van der Waals surface area (Å²) < 4.78 is 9.90. The Hall–Kier alpha value is -2.41. The highest BCUT2D eigenvalue weighted by molar-refractivity contribution is 5.91. The summed E-state index contributed by atoms with van der Waals surface area (Å²) in [5.74, 6) is -1.98. The predicted octanol–water partition coefficient (Wildman–Crippen LogP) is 0.297. The first kappa shape index (κ1) is 17.6. The molecule has 7 nitrogen and oxygen atoms in total. The van der Waals surface area contributed by atoms with Gasteiger partial charge in [0.15, 0.2) is 6.10 Å². The second-order valence-electron chi connectivity index (χ2n) is 4.50. The lowest BCUT2D eigenvalue weighted by Crippen LogP contribution is -2.47. The van der Waals surface area contributed by atoms with E-state index in [9.17, 15) is 14.4 Å². The Morgan fingerprint density at radius 3 is 2.36 bits per heavy atom. The van der Waals surface area contributed by atoms with Crippen LogP contribution in [0.3, 0.4) is 0 Å². The third kappa shape index (κ3) is 5.17. The van der Waals surface area contributed by atoms with E-state index in [1.54, 1.807) is 37.3 Å². The standard InChI is InChI=1S/C15H20N2O5/c1-3-22-12(18)9-11(14(16)19)17-15(20)13(21-2)10-7-5-4-6-8-10/h4-8,11,13H,3,9H2,1-2H3,(H2,16,19)(H,17,20)/t11-,13+/m0/s1. The van der Waals surface area contributed by atoms with Crippen molar-refractivity contribution in [1.82, 2.24) is 5.32 Å². The van der Waals surface area contributed by atoms with Gasteiger partial charge in [-0.1, -0.05) is 30.3 Å². The summed E-state index contributed by atoms with van der Waals surface area (Å²) in [4.78, 5) is 35.1. The minimum absolute atomic E-state index is 0.184. The number of esters is 1. The van der Waals surface area contributed by atoms with Gasteiger partial charge in [-0.2, -0.15) is 0 Å². The van der Waals surface area contributed by atoms with E-state index in [0.717, 1.165) is 0 Å². The zero-order valence-corrected chi connectivity index (χ0v) is 12.6. The van der Waals surface area contributed by atoms with Crippen molar-refractivity contribution in [1.29, 1.82) is 0 Å². The van der Waals surface area contributed by atoms with Crippen molar-refractivity contribution in [2.24, 2.45) is 5.73 Å². The monoisotopic (exact) mass is 308 g/mol. The Balaban J connectivity index is 2.77. The first-order chi connectivity index (χ1) is 10.5. The van der Waals surface area contributed by atoms with Crippen molar-refractivity contribution in [3.05, 3.63) is 35.9 Å². The van der Waals surface area contributed by atoms with Gasteiger partial charge in [0.1, 0.15) is 6.04 Å². The van der Waals surface area contributed by atoms with E-state index in [-0.39, 0.29) is 13.0 Å². The molecule has 0 bridgehead atoms. The smallest absolute Gasteiger partial charge is 0.308 e. The summed E-state index contributed by atoms with van der Waals surface area (Å²) in [6.45, 7) is 1.83. The summed E-state index contributed by atoms with van der Waals surface area (Å²) in [5.41, 5.74) is 5.83. The first-order valence-electron chi connectivity index (χ1n) is 6.82. The summed E-state index contributed by atoms with van der Waals surface area (Å²) in [5, 5.41) is 2.42. The summed E-state index contributed by atoms with van der Waals surface area (Å²) in [6, 6.07) is 7.63. The van der Waals surface area contributed by atoms with Crippen molar-refractivity contribution in [2.75, 3.05) is 13.7 Å². The van der Waals surface area contributed by atoms with E-state index < -0.39 is 29.9 Å². The normalized spacial score (nSPS) is 13.0. The molecule has 22 heavy (non-hydrogen) atoms. The van der Waals surface area contributed by atoms with Gasteiger partial charge >= 0.3 is 5.97 Å². The van der Waals surface area contributed by atoms with Crippen LogP contribution in [0.4, 0.5) is 0 Å². The number of ether oxygens (including phenoxy) is 2. The molecule has 0 aromatic heterocycles. The predicted molar refractivity (Wildman–Crippen MR) is 78.6 cm³/mol. The van der Waals surface area contributed by atoms with E-state index >= 15 is 0 Å². The number of nitrogens with two attached hydrogens (primary N) is 1. The fraction of sp³-hybridized carbons (Fsp3) is 0.400. The fourth-order valence-electron chi connectivity index (χ4n) is 1.88. The first-order valence-corrected chi connectivity index (χ1v) is 6.82. The van der Waals surface area contributed by atoms with E-state index in [4.69, 9.17) is 15.2 Å². The van der Waals surface area contributed by atoms with Gasteiger partial charge in [0.05, 0.1) is 13.0 Å². The lowest BCUT2D eigenvalue weighted by molar-refractivity contribution is -0.146. The number of carbonyl (C=O) groups excluding carboxylic acids is 3. The Morgan fingerprint density at radius 2 is 1.86 bits per heavy atom. The zero-order chi connectivity index (χ0) is 16.5. The van der Waals surface area contributed by atoms with Gasteiger partial charge < -0.3 is 20.5 Å². The van der Waals surface area contributed by atoms with E-state index in [1.807, 2.05) is 0 Å². The van der Waals surface area contributed by atoms with Gasteiger partial charge in [-0.05, 0) is 12.5 Å². The lowest BCUT2D eigenvalue weighted by atomic mass is 10.1. The highest BCUT2D eigenvalue weighted by Crippen LogP contribution is 2.16. The van der Waals surface area contributed by atoms with Gasteiger partial charge in [-0.3, -0.25) is 14.4 Å². The molecular weight excluding hydrogens is 288 g/mol. The minimum atomic E-state index is -1.15. The number of primary amides is 1. The van der Waals surface area contributed by atoms with Crippen LogP contribution in [0.2, 0.25) is 0 Å². The molecule has 1 aromatic rings. The molecule has 3 N–H and O–H groups in total. The van der Waals surface area contributed by atoms with E-state index in [2.05, 4.69) is 5.32 Å². The fourth-order valence-corrected chi connectivity index (χ4v) is 1.88. The van der Waals surface area contributed by atoms with E-state index in [0.29, 0.717) is 5.56 Å². The quantitative estimate of drug-likeness (QED) is 0.671. The average molecular weight is 308 g/mol. The molecule has 0 spiro atoms. The van der Waals surface area contributed by atoms with Crippen molar-refractivity contribution >= 4 is 17.8 Å². The molecular formula is C15H20N2O5. The number of methoxy groups -OCH3 is 1. The Bertz CT molecular complexity index is 518. The van der Waals surface area contributed by atoms with Crippen LogP contribution in [0, 0.1) is 0 Å². The third-order valence-electron chi connectivity index (χ3n) is 2.91. The summed E-state index contributed by atoms with van der Waals surface area (Å²) in [7, 11) is 1.38. The average Bonchev–Trinajstić information content (AvgIpc) is 2.48. The molecule has 1 aromatic carbocycles. The van der Waals surface area contributed by atoms with Gasteiger partial charge in [-0.15, -0.1) is 0 Å². The maximum atomic E-state index is 12.2. The second kappa shape index (κ2) is 8.78. The van der Waals surface area contributed by atoms with Crippen LogP contribution in [0.1, 0.15) is 25.0 Å². The van der Waals surface area contributed by atoms with Gasteiger partial charge in [0, 0.05) is 7.11 Å².